The molecule has 0 saturated heterocycles. The lowest BCUT2D eigenvalue weighted by molar-refractivity contribution is -0.118. The van der Waals surface area contributed by atoms with E-state index in [9.17, 15) is 4.79 Å². The fourth-order valence-electron chi connectivity index (χ4n) is 4.17. The summed E-state index contributed by atoms with van der Waals surface area (Å²) in [5.74, 6) is 1.62. The molecule has 0 fully saturated rings. The minimum Gasteiger partial charge on any atom is -0.495 e. The van der Waals surface area contributed by atoms with E-state index in [1.807, 2.05) is 72.8 Å². The summed E-state index contributed by atoms with van der Waals surface area (Å²) in [4.78, 5) is 12.8. The Bertz CT molecular complexity index is 1800. The van der Waals surface area contributed by atoms with Gasteiger partial charge in [-0.25, -0.2) is 5.43 Å². The molecule has 13 heteroatoms. The number of hydrazone groups is 1. The zero-order chi connectivity index (χ0) is 31.6. The molecule has 1 heterocycles. The third-order valence-corrected chi connectivity index (χ3v) is 8.34. The molecule has 0 bridgehead atoms. The number of thioether (sulfide) groups is 1. The van der Waals surface area contributed by atoms with Crippen LogP contribution in [-0.4, -0.2) is 39.7 Å². The lowest BCUT2D eigenvalue weighted by atomic mass is 10.2. The van der Waals surface area contributed by atoms with E-state index in [0.29, 0.717) is 51.4 Å². The Morgan fingerprint density at radius 1 is 1.00 bits per heavy atom. The number of hydrogen-bond acceptors (Lipinski definition) is 8. The van der Waals surface area contributed by atoms with Crippen molar-refractivity contribution >= 4 is 68.7 Å². The molecule has 1 amide bonds. The second-order valence-electron chi connectivity index (χ2n) is 9.42. The monoisotopic (exact) mass is 724 g/mol. The molecule has 1 aromatic heterocycles. The lowest BCUT2D eigenvalue weighted by Crippen LogP contribution is -2.20. The van der Waals surface area contributed by atoms with Crippen molar-refractivity contribution in [3.8, 4) is 17.2 Å². The number of carbonyl (C=O) groups excluding carboxylic acids is 1. The first-order valence-electron chi connectivity index (χ1n) is 13.6. The van der Waals surface area contributed by atoms with Gasteiger partial charge in [0.2, 0.25) is 0 Å². The van der Waals surface area contributed by atoms with Crippen molar-refractivity contribution in [2.75, 3.05) is 18.2 Å². The third-order valence-electron chi connectivity index (χ3n) is 6.35. The molecule has 0 aliphatic carbocycles. The first-order chi connectivity index (χ1) is 21.9. The van der Waals surface area contributed by atoms with Crippen LogP contribution in [0.5, 0.6) is 11.5 Å². The third kappa shape index (κ3) is 8.79. The molecule has 230 valence electrons. The molecular formula is C32H27BrCl2N6O3S. The van der Waals surface area contributed by atoms with Crippen LogP contribution in [0.25, 0.3) is 5.69 Å². The first-order valence-corrected chi connectivity index (χ1v) is 16.1. The largest absolute Gasteiger partial charge is 0.495 e. The molecule has 0 spiro atoms. The number of amides is 1. The van der Waals surface area contributed by atoms with Crippen molar-refractivity contribution in [3.05, 3.63) is 122 Å². The maximum Gasteiger partial charge on any atom is 0.250 e. The Morgan fingerprint density at radius 2 is 1.76 bits per heavy atom. The predicted octanol–water partition coefficient (Wildman–Crippen LogP) is 7.78. The number of benzene rings is 4. The van der Waals surface area contributed by atoms with Gasteiger partial charge in [0.25, 0.3) is 5.91 Å². The van der Waals surface area contributed by atoms with E-state index >= 15 is 0 Å². The maximum atomic E-state index is 12.8. The van der Waals surface area contributed by atoms with Gasteiger partial charge in [0.15, 0.2) is 11.0 Å². The summed E-state index contributed by atoms with van der Waals surface area (Å²) in [6.07, 6.45) is 1.55. The van der Waals surface area contributed by atoms with Gasteiger partial charge < -0.3 is 14.8 Å². The molecule has 0 aliphatic rings. The number of nitrogens with one attached hydrogen (secondary N) is 2. The number of hydrogen-bond donors (Lipinski definition) is 2. The van der Waals surface area contributed by atoms with Crippen molar-refractivity contribution in [2.24, 2.45) is 5.10 Å². The van der Waals surface area contributed by atoms with Gasteiger partial charge >= 0.3 is 0 Å². The molecule has 0 radical (unpaired) electrons. The van der Waals surface area contributed by atoms with E-state index in [2.05, 4.69) is 42.0 Å². The van der Waals surface area contributed by atoms with Crippen LogP contribution >= 0.6 is 50.9 Å². The Hall–Kier alpha value is -4.03. The summed E-state index contributed by atoms with van der Waals surface area (Å²) in [5.41, 5.74) is 5.76. The molecule has 4 aromatic carbocycles. The van der Waals surface area contributed by atoms with E-state index in [-0.39, 0.29) is 11.7 Å². The van der Waals surface area contributed by atoms with Crippen molar-refractivity contribution in [1.29, 1.82) is 0 Å². The second-order valence-corrected chi connectivity index (χ2v) is 12.1. The van der Waals surface area contributed by atoms with Crippen molar-refractivity contribution in [2.45, 2.75) is 18.3 Å². The van der Waals surface area contributed by atoms with Crippen molar-refractivity contribution < 1.29 is 14.3 Å². The smallest absolute Gasteiger partial charge is 0.250 e. The van der Waals surface area contributed by atoms with E-state index in [0.717, 1.165) is 21.3 Å². The summed E-state index contributed by atoms with van der Waals surface area (Å²) >= 11 is 17.4. The van der Waals surface area contributed by atoms with Crippen molar-refractivity contribution in [1.82, 2.24) is 20.2 Å². The Morgan fingerprint density at radius 3 is 2.53 bits per heavy atom. The molecule has 5 aromatic rings. The minimum atomic E-state index is -0.324. The highest BCUT2D eigenvalue weighted by Crippen LogP contribution is 2.30. The summed E-state index contributed by atoms with van der Waals surface area (Å²) in [6.45, 7) is 0.711. The number of halogens is 3. The number of aromatic nitrogens is 3. The standard InChI is InChI=1S/C32H27BrCl2N6O3S/c1-43-29-9-5-3-7-26(29)36-18-30-38-40-32(41(30)27-15-14-24(34)16-25(27)35)45-20-31(42)39-37-17-22-6-2-4-8-28(22)44-19-21-10-12-23(33)13-11-21/h2-17,36H,18-20H2,1H3,(H,39,42)/b37-17-. The molecule has 5 rings (SSSR count). The Balaban J connectivity index is 1.24. The van der Waals surface area contributed by atoms with E-state index < -0.39 is 0 Å². The fourth-order valence-corrected chi connectivity index (χ4v) is 5.69. The SMILES string of the molecule is COc1ccccc1NCc1nnc(SCC(=O)N/N=C\c2ccccc2OCc2ccc(Br)cc2)n1-c1ccc(Cl)cc1Cl. The fraction of sp³-hybridized carbons (Fsp3) is 0.125. The van der Waals surface area contributed by atoms with Gasteiger partial charge in [-0.3, -0.25) is 9.36 Å². The van der Waals surface area contributed by atoms with E-state index in [1.165, 1.54) is 11.8 Å². The molecule has 9 nitrogen and oxygen atoms in total. The number of methoxy groups -OCH3 is 1. The average Bonchev–Trinajstić information content (AvgIpc) is 3.45. The summed E-state index contributed by atoms with van der Waals surface area (Å²) in [5, 5.41) is 17.6. The van der Waals surface area contributed by atoms with Gasteiger partial charge in [-0.2, -0.15) is 5.10 Å². The molecular weight excluding hydrogens is 699 g/mol. The van der Waals surface area contributed by atoms with E-state index in [1.54, 1.807) is 36.1 Å². The quantitative estimate of drug-likeness (QED) is 0.0726. The van der Waals surface area contributed by atoms with Crippen LogP contribution in [0.3, 0.4) is 0 Å². The van der Waals surface area contributed by atoms with Gasteiger partial charge in [-0.1, -0.05) is 87.3 Å². The number of carbonyl (C=O) groups is 1. The topological polar surface area (TPSA) is 103 Å². The normalized spacial score (nSPS) is 11.0. The van der Waals surface area contributed by atoms with Crippen LogP contribution in [0.2, 0.25) is 10.0 Å². The molecule has 0 atom stereocenters. The summed E-state index contributed by atoms with van der Waals surface area (Å²) < 4.78 is 14.2. The van der Waals surface area contributed by atoms with Crippen LogP contribution in [0.15, 0.2) is 106 Å². The lowest BCUT2D eigenvalue weighted by Gasteiger charge is -2.14. The summed E-state index contributed by atoms with van der Waals surface area (Å²) in [6, 6.07) is 28.1. The zero-order valence-electron chi connectivity index (χ0n) is 23.9. The predicted molar refractivity (Wildman–Crippen MR) is 183 cm³/mol. The van der Waals surface area contributed by atoms with Crippen LogP contribution < -0.4 is 20.2 Å². The van der Waals surface area contributed by atoms with E-state index in [4.69, 9.17) is 32.7 Å². The van der Waals surface area contributed by atoms with Crippen LogP contribution in [0, 0.1) is 0 Å². The van der Waals surface area contributed by atoms with Gasteiger partial charge in [-0.15, -0.1) is 10.2 Å². The molecule has 0 saturated carbocycles. The van der Waals surface area contributed by atoms with Gasteiger partial charge in [-0.05, 0) is 60.2 Å². The molecule has 0 aliphatic heterocycles. The summed E-state index contributed by atoms with van der Waals surface area (Å²) in [7, 11) is 1.61. The highest BCUT2D eigenvalue weighted by Gasteiger charge is 2.18. The number of anilines is 1. The molecule has 0 unspecified atom stereocenters. The number of rotatable bonds is 13. The van der Waals surface area contributed by atoms with Gasteiger partial charge in [0.05, 0.1) is 42.0 Å². The van der Waals surface area contributed by atoms with Gasteiger partial charge in [0, 0.05) is 15.1 Å². The Kier molecular flexibility index (Phi) is 11.4. The van der Waals surface area contributed by atoms with Crippen LogP contribution in [-0.2, 0) is 17.9 Å². The number of ether oxygens (including phenoxy) is 2. The van der Waals surface area contributed by atoms with Gasteiger partial charge in [0.1, 0.15) is 18.1 Å². The second kappa shape index (κ2) is 15.8. The first kappa shape index (κ1) is 32.4. The minimum absolute atomic E-state index is 0.0301. The highest BCUT2D eigenvalue weighted by atomic mass is 79.9. The Labute approximate surface area is 283 Å². The average molecular weight is 726 g/mol. The molecule has 2 N–H and O–H groups in total. The van der Waals surface area contributed by atoms with Crippen molar-refractivity contribution in [3.63, 3.8) is 0 Å². The highest BCUT2D eigenvalue weighted by molar-refractivity contribution is 9.10. The molecule has 45 heavy (non-hydrogen) atoms. The maximum absolute atomic E-state index is 12.8. The zero-order valence-corrected chi connectivity index (χ0v) is 27.8. The van der Waals surface area contributed by atoms with Crippen LogP contribution in [0.4, 0.5) is 5.69 Å². The van der Waals surface area contributed by atoms with Crippen LogP contribution in [0.1, 0.15) is 17.0 Å². The number of para-hydroxylation sites is 3. The number of nitrogens with zero attached hydrogens (tertiary/aromatic N) is 4.